The summed E-state index contributed by atoms with van der Waals surface area (Å²) in [5.41, 5.74) is -1.54. The number of nitrogens with one attached hydrogen (secondary N) is 1. The first kappa shape index (κ1) is 23.5. The number of aliphatic carboxylic acids is 1. The van der Waals surface area contributed by atoms with Crippen LogP contribution in [0, 0.1) is 28.4 Å². The molecule has 3 rings (SSSR count). The summed E-state index contributed by atoms with van der Waals surface area (Å²) >= 11 is 11.9. The van der Waals surface area contributed by atoms with Gasteiger partial charge < -0.3 is 5.11 Å². The highest BCUT2D eigenvalue weighted by molar-refractivity contribution is 6.31. The molecule has 1 fully saturated rings. The van der Waals surface area contributed by atoms with Crippen LogP contribution in [0.4, 0.5) is 8.78 Å². The average Bonchev–Trinajstić information content (AvgIpc) is 2.97. The minimum Gasteiger partial charge on any atom is -0.480 e. The SMILES string of the molecule is CC(C)(C)C[C@H]1N[C@H](C(=O)O)[C@@H](c2ccc(F)c(Cl)c2)[C@]1(C#N)c1ccc(Cl)cc1F. The Balaban J connectivity index is 2.34. The average molecular weight is 467 g/mol. The van der Waals surface area contributed by atoms with Gasteiger partial charge in [-0.05, 0) is 41.7 Å². The van der Waals surface area contributed by atoms with Crippen LogP contribution in [0.15, 0.2) is 36.4 Å². The van der Waals surface area contributed by atoms with Crippen LogP contribution in [0.25, 0.3) is 0 Å². The van der Waals surface area contributed by atoms with Crippen LogP contribution in [0.1, 0.15) is 44.2 Å². The van der Waals surface area contributed by atoms with E-state index in [1.165, 1.54) is 24.3 Å². The molecule has 0 spiro atoms. The molecular formula is C23H22Cl2F2N2O2. The molecule has 4 nitrogen and oxygen atoms in total. The van der Waals surface area contributed by atoms with Crippen molar-refractivity contribution in [3.05, 3.63) is 69.2 Å². The van der Waals surface area contributed by atoms with Crippen molar-refractivity contribution in [2.45, 2.75) is 50.6 Å². The number of hydrogen-bond donors (Lipinski definition) is 2. The van der Waals surface area contributed by atoms with Crippen molar-refractivity contribution in [2.75, 3.05) is 0 Å². The van der Waals surface area contributed by atoms with E-state index >= 15 is 4.39 Å². The van der Waals surface area contributed by atoms with Gasteiger partial charge in [0.05, 0.1) is 11.1 Å². The first-order valence-electron chi connectivity index (χ1n) is 9.71. The molecule has 1 saturated heterocycles. The maximum Gasteiger partial charge on any atom is 0.321 e. The zero-order chi connectivity index (χ0) is 23.1. The first-order chi connectivity index (χ1) is 14.4. The van der Waals surface area contributed by atoms with Gasteiger partial charge in [0.2, 0.25) is 0 Å². The van der Waals surface area contributed by atoms with E-state index in [-0.39, 0.29) is 21.0 Å². The van der Waals surface area contributed by atoms with Crippen molar-refractivity contribution in [3.63, 3.8) is 0 Å². The molecule has 4 atom stereocenters. The van der Waals surface area contributed by atoms with Crippen LogP contribution < -0.4 is 5.32 Å². The smallest absolute Gasteiger partial charge is 0.321 e. The number of hydrogen-bond acceptors (Lipinski definition) is 3. The van der Waals surface area contributed by atoms with Gasteiger partial charge in [0.25, 0.3) is 0 Å². The summed E-state index contributed by atoms with van der Waals surface area (Å²) in [5.74, 6) is -3.61. The van der Waals surface area contributed by atoms with E-state index in [0.29, 0.717) is 12.0 Å². The summed E-state index contributed by atoms with van der Waals surface area (Å²) in [7, 11) is 0. The summed E-state index contributed by atoms with van der Waals surface area (Å²) in [5, 5.41) is 23.5. The molecule has 1 aliphatic rings. The van der Waals surface area contributed by atoms with Crippen molar-refractivity contribution in [1.82, 2.24) is 5.32 Å². The number of benzene rings is 2. The Bertz CT molecular complexity index is 1060. The van der Waals surface area contributed by atoms with Crippen LogP contribution in [0.5, 0.6) is 0 Å². The minimum absolute atomic E-state index is 0.0374. The summed E-state index contributed by atoms with van der Waals surface area (Å²) in [4.78, 5) is 12.2. The summed E-state index contributed by atoms with van der Waals surface area (Å²) in [6, 6.07) is 8.13. The van der Waals surface area contributed by atoms with E-state index in [1.54, 1.807) is 0 Å². The molecule has 0 aromatic heterocycles. The fraction of sp³-hybridized carbons (Fsp3) is 0.391. The van der Waals surface area contributed by atoms with Gasteiger partial charge in [0, 0.05) is 22.5 Å². The van der Waals surface area contributed by atoms with Crippen molar-refractivity contribution >= 4 is 29.2 Å². The zero-order valence-corrected chi connectivity index (χ0v) is 18.7. The quantitative estimate of drug-likeness (QED) is 0.607. The highest BCUT2D eigenvalue weighted by Gasteiger charge is 2.60. The van der Waals surface area contributed by atoms with Crippen molar-refractivity contribution in [3.8, 4) is 6.07 Å². The Morgan fingerprint density at radius 1 is 1.19 bits per heavy atom. The maximum absolute atomic E-state index is 15.2. The molecule has 1 aliphatic heterocycles. The van der Waals surface area contributed by atoms with E-state index in [9.17, 15) is 19.6 Å². The van der Waals surface area contributed by atoms with E-state index in [4.69, 9.17) is 23.2 Å². The summed E-state index contributed by atoms with van der Waals surface area (Å²) in [6.07, 6.45) is 0.387. The molecule has 1 heterocycles. The second-order valence-corrected chi connectivity index (χ2v) is 9.90. The normalized spacial score (nSPS) is 25.9. The van der Waals surface area contributed by atoms with Gasteiger partial charge in [-0.25, -0.2) is 8.78 Å². The first-order valence-corrected chi connectivity index (χ1v) is 10.5. The zero-order valence-electron chi connectivity index (χ0n) is 17.2. The second-order valence-electron chi connectivity index (χ2n) is 9.06. The maximum atomic E-state index is 15.2. The van der Waals surface area contributed by atoms with Gasteiger partial charge in [-0.15, -0.1) is 0 Å². The fourth-order valence-corrected chi connectivity index (χ4v) is 4.87. The monoisotopic (exact) mass is 466 g/mol. The predicted octanol–water partition coefficient (Wildman–Crippen LogP) is 5.68. The minimum atomic E-state index is -1.60. The number of carboxylic acid groups (broad SMARTS) is 1. The second kappa shape index (κ2) is 8.38. The van der Waals surface area contributed by atoms with Crippen LogP contribution in [0.3, 0.4) is 0 Å². The van der Waals surface area contributed by atoms with E-state index < -0.39 is 41.0 Å². The molecule has 2 aromatic carbocycles. The number of rotatable bonds is 4. The highest BCUT2D eigenvalue weighted by atomic mass is 35.5. The third-order valence-electron chi connectivity index (χ3n) is 5.70. The number of carboxylic acids is 1. The predicted molar refractivity (Wildman–Crippen MR) is 115 cm³/mol. The Morgan fingerprint density at radius 2 is 1.87 bits per heavy atom. The molecule has 0 bridgehead atoms. The summed E-state index contributed by atoms with van der Waals surface area (Å²) < 4.78 is 29.0. The molecule has 2 aromatic rings. The molecule has 0 amide bonds. The Morgan fingerprint density at radius 3 is 2.39 bits per heavy atom. The molecule has 0 saturated carbocycles. The Kier molecular flexibility index (Phi) is 6.35. The third kappa shape index (κ3) is 4.27. The van der Waals surface area contributed by atoms with Crippen molar-refractivity contribution < 1.29 is 18.7 Å². The van der Waals surface area contributed by atoms with Gasteiger partial charge in [-0.2, -0.15) is 5.26 Å². The lowest BCUT2D eigenvalue weighted by Crippen LogP contribution is -2.44. The number of carbonyl (C=O) groups is 1. The molecule has 0 radical (unpaired) electrons. The van der Waals surface area contributed by atoms with E-state index in [2.05, 4.69) is 11.4 Å². The lowest BCUT2D eigenvalue weighted by Gasteiger charge is -2.37. The molecular weight excluding hydrogens is 445 g/mol. The van der Waals surface area contributed by atoms with Gasteiger partial charge in [0.15, 0.2) is 0 Å². The van der Waals surface area contributed by atoms with Crippen molar-refractivity contribution in [1.29, 1.82) is 5.26 Å². The lowest BCUT2D eigenvalue weighted by atomic mass is 9.63. The van der Waals surface area contributed by atoms with Gasteiger partial charge >= 0.3 is 5.97 Å². The molecule has 164 valence electrons. The van der Waals surface area contributed by atoms with E-state index in [0.717, 1.165) is 12.1 Å². The Hall–Kier alpha value is -2.20. The van der Waals surface area contributed by atoms with Gasteiger partial charge in [-0.3, -0.25) is 10.1 Å². The number of halogens is 4. The van der Waals surface area contributed by atoms with Gasteiger partial charge in [-0.1, -0.05) is 56.1 Å². The number of nitriles is 1. The molecule has 0 aliphatic carbocycles. The standard InChI is InChI=1S/C23H22Cl2F2N2O2/c1-22(2,3)10-18-23(11-28,14-6-5-13(24)9-17(14)27)19(20(29-18)21(30)31)12-4-7-16(26)15(25)8-12/h4-9,18-20,29H,10H2,1-3H3,(H,30,31)/t18-,19-,20+,23-/m1/s1. The number of nitrogens with zero attached hydrogens (tertiary/aromatic N) is 1. The molecule has 0 unspecified atom stereocenters. The largest absolute Gasteiger partial charge is 0.480 e. The Labute approximate surface area is 189 Å². The van der Waals surface area contributed by atoms with Gasteiger partial charge in [0.1, 0.15) is 23.1 Å². The van der Waals surface area contributed by atoms with Crippen LogP contribution in [-0.2, 0) is 10.2 Å². The molecule has 2 N–H and O–H groups in total. The summed E-state index contributed by atoms with van der Waals surface area (Å²) in [6.45, 7) is 5.85. The molecule has 31 heavy (non-hydrogen) atoms. The van der Waals surface area contributed by atoms with Crippen LogP contribution in [0.2, 0.25) is 10.0 Å². The fourth-order valence-electron chi connectivity index (χ4n) is 4.52. The lowest BCUT2D eigenvalue weighted by molar-refractivity contribution is -0.139. The van der Waals surface area contributed by atoms with Crippen molar-refractivity contribution in [2.24, 2.45) is 5.41 Å². The topological polar surface area (TPSA) is 73.1 Å². The molecule has 8 heteroatoms. The van der Waals surface area contributed by atoms with Crippen LogP contribution >= 0.6 is 23.2 Å². The third-order valence-corrected chi connectivity index (χ3v) is 6.23. The van der Waals surface area contributed by atoms with E-state index in [1.807, 2.05) is 20.8 Å². The highest BCUT2D eigenvalue weighted by Crippen LogP contribution is 2.52. The van der Waals surface area contributed by atoms with Crippen LogP contribution in [-0.4, -0.2) is 23.2 Å².